The molecule has 2 aromatic rings. The number of methoxy groups -OCH3 is 1. The van der Waals surface area contributed by atoms with Gasteiger partial charge in [-0.15, -0.1) is 0 Å². The first kappa shape index (κ1) is 12.9. The predicted octanol–water partition coefficient (Wildman–Crippen LogP) is 2.02. The van der Waals surface area contributed by atoms with Gasteiger partial charge in [0.25, 0.3) is 0 Å². The lowest BCUT2D eigenvalue weighted by atomic mass is 10.1. The van der Waals surface area contributed by atoms with Gasteiger partial charge in [0.05, 0.1) is 18.5 Å². The number of hydrogen-bond acceptors (Lipinski definition) is 4. The molecule has 0 saturated carbocycles. The molecule has 2 N–H and O–H groups in total. The van der Waals surface area contributed by atoms with E-state index in [0.717, 1.165) is 41.4 Å². The number of aryl methyl sites for hydroxylation is 2. The molecule has 5 nitrogen and oxygen atoms in total. The van der Waals surface area contributed by atoms with E-state index < -0.39 is 0 Å². The Morgan fingerprint density at radius 3 is 2.94 bits per heavy atom. The van der Waals surface area contributed by atoms with Crippen molar-refractivity contribution in [2.45, 2.75) is 20.4 Å². The zero-order valence-corrected chi connectivity index (χ0v) is 11.0. The smallest absolute Gasteiger partial charge is 0.110 e. The highest BCUT2D eigenvalue weighted by Crippen LogP contribution is 2.27. The van der Waals surface area contributed by atoms with Crippen molar-refractivity contribution in [2.75, 3.05) is 20.3 Å². The number of nitrogens with one attached hydrogen (secondary N) is 2. The lowest BCUT2D eigenvalue weighted by Crippen LogP contribution is -2.18. The molecule has 0 aliphatic rings. The summed E-state index contributed by atoms with van der Waals surface area (Å²) in [6.45, 7) is 6.20. The molecule has 18 heavy (non-hydrogen) atoms. The van der Waals surface area contributed by atoms with Crippen molar-refractivity contribution >= 4 is 0 Å². The van der Waals surface area contributed by atoms with Crippen LogP contribution in [0.3, 0.4) is 0 Å². The quantitative estimate of drug-likeness (QED) is 0.769. The molecular weight excluding hydrogens is 230 g/mol. The number of nitrogens with zero attached hydrogens (tertiary/aromatic N) is 1. The van der Waals surface area contributed by atoms with E-state index in [9.17, 15) is 0 Å². The normalized spacial score (nSPS) is 11.1. The van der Waals surface area contributed by atoms with Gasteiger partial charge in [-0.05, 0) is 19.9 Å². The molecule has 0 aliphatic carbocycles. The summed E-state index contributed by atoms with van der Waals surface area (Å²) in [6.07, 6.45) is 1.84. The van der Waals surface area contributed by atoms with E-state index >= 15 is 0 Å². The van der Waals surface area contributed by atoms with Crippen LogP contribution in [0.4, 0.5) is 0 Å². The van der Waals surface area contributed by atoms with Crippen LogP contribution < -0.4 is 5.32 Å². The van der Waals surface area contributed by atoms with Gasteiger partial charge >= 0.3 is 0 Å². The highest BCUT2D eigenvalue weighted by atomic mass is 16.5. The summed E-state index contributed by atoms with van der Waals surface area (Å²) in [7, 11) is 1.70. The second-order valence-electron chi connectivity index (χ2n) is 4.27. The minimum absolute atomic E-state index is 0.705. The van der Waals surface area contributed by atoms with E-state index in [2.05, 4.69) is 15.5 Å². The zero-order valence-electron chi connectivity index (χ0n) is 11.0. The molecule has 0 aliphatic heterocycles. The predicted molar refractivity (Wildman–Crippen MR) is 69.3 cm³/mol. The van der Waals surface area contributed by atoms with Gasteiger partial charge in [0.15, 0.2) is 0 Å². The Bertz CT molecular complexity index is 502. The molecule has 0 radical (unpaired) electrons. The zero-order chi connectivity index (χ0) is 13.0. The summed E-state index contributed by atoms with van der Waals surface area (Å²) in [4.78, 5) is 0. The second-order valence-corrected chi connectivity index (χ2v) is 4.27. The molecule has 2 rings (SSSR count). The van der Waals surface area contributed by atoms with E-state index in [4.69, 9.17) is 9.15 Å². The summed E-state index contributed by atoms with van der Waals surface area (Å²) >= 11 is 0. The number of furan rings is 1. The van der Waals surface area contributed by atoms with Crippen molar-refractivity contribution in [1.82, 2.24) is 15.5 Å². The molecule has 0 unspecified atom stereocenters. The minimum Gasteiger partial charge on any atom is -0.466 e. The Kier molecular flexibility index (Phi) is 4.17. The van der Waals surface area contributed by atoms with Gasteiger partial charge < -0.3 is 14.5 Å². The van der Waals surface area contributed by atoms with Crippen molar-refractivity contribution in [3.05, 3.63) is 29.3 Å². The van der Waals surface area contributed by atoms with E-state index in [1.807, 2.05) is 26.1 Å². The third-order valence-electron chi connectivity index (χ3n) is 2.83. The monoisotopic (exact) mass is 249 g/mol. The number of rotatable bonds is 6. The number of aromatic amines is 1. The minimum atomic E-state index is 0.705. The topological polar surface area (TPSA) is 63.1 Å². The van der Waals surface area contributed by atoms with Gasteiger partial charge in [-0.1, -0.05) is 0 Å². The number of aromatic nitrogens is 2. The van der Waals surface area contributed by atoms with Gasteiger partial charge in [0, 0.05) is 31.3 Å². The van der Waals surface area contributed by atoms with Crippen LogP contribution in [0.25, 0.3) is 11.3 Å². The standard InChI is InChI=1S/C13H19N3O2/c1-9-6-12(10(2)18-9)13-11(8-15-16-13)7-14-4-5-17-3/h6,8,14H,4-5,7H2,1-3H3,(H,15,16). The Hall–Kier alpha value is -1.59. The lowest BCUT2D eigenvalue weighted by molar-refractivity contribution is 0.199. The molecule has 2 heterocycles. The van der Waals surface area contributed by atoms with Crippen LogP contribution in [0.5, 0.6) is 0 Å². The van der Waals surface area contributed by atoms with Gasteiger partial charge in [-0.3, -0.25) is 5.10 Å². The fourth-order valence-corrected chi connectivity index (χ4v) is 1.95. The van der Waals surface area contributed by atoms with Crippen LogP contribution in [-0.2, 0) is 11.3 Å². The van der Waals surface area contributed by atoms with E-state index in [1.165, 1.54) is 0 Å². The van der Waals surface area contributed by atoms with E-state index in [0.29, 0.717) is 6.61 Å². The fraction of sp³-hybridized carbons (Fsp3) is 0.462. The van der Waals surface area contributed by atoms with Crippen molar-refractivity contribution in [3.8, 4) is 11.3 Å². The molecule has 98 valence electrons. The van der Waals surface area contributed by atoms with Crippen LogP contribution in [0.15, 0.2) is 16.7 Å². The van der Waals surface area contributed by atoms with Gasteiger partial charge in [-0.2, -0.15) is 5.10 Å². The number of ether oxygens (including phenoxy) is 1. The maximum absolute atomic E-state index is 5.55. The van der Waals surface area contributed by atoms with Crippen molar-refractivity contribution in [1.29, 1.82) is 0 Å². The molecule has 0 bridgehead atoms. The first-order valence-corrected chi connectivity index (χ1v) is 6.01. The summed E-state index contributed by atoms with van der Waals surface area (Å²) in [6, 6.07) is 2.03. The summed E-state index contributed by atoms with van der Waals surface area (Å²) < 4.78 is 10.5. The highest BCUT2D eigenvalue weighted by molar-refractivity contribution is 5.65. The van der Waals surface area contributed by atoms with Gasteiger partial charge in [-0.25, -0.2) is 0 Å². The maximum atomic E-state index is 5.55. The Balaban J connectivity index is 2.10. The molecule has 0 aromatic carbocycles. The van der Waals surface area contributed by atoms with E-state index in [1.54, 1.807) is 7.11 Å². The molecule has 0 amide bonds. The second kappa shape index (κ2) is 5.84. The molecule has 0 atom stereocenters. The lowest BCUT2D eigenvalue weighted by Gasteiger charge is -2.04. The van der Waals surface area contributed by atoms with Crippen molar-refractivity contribution < 1.29 is 9.15 Å². The molecule has 2 aromatic heterocycles. The Labute approximate surface area is 107 Å². The van der Waals surface area contributed by atoms with Crippen LogP contribution in [0.2, 0.25) is 0 Å². The van der Waals surface area contributed by atoms with Gasteiger partial charge in [0.1, 0.15) is 11.5 Å². The number of hydrogen-bond donors (Lipinski definition) is 2. The number of H-pyrrole nitrogens is 1. The van der Waals surface area contributed by atoms with Crippen molar-refractivity contribution in [2.24, 2.45) is 0 Å². The molecule has 0 fully saturated rings. The van der Waals surface area contributed by atoms with Crippen molar-refractivity contribution in [3.63, 3.8) is 0 Å². The Morgan fingerprint density at radius 1 is 1.44 bits per heavy atom. The molecule has 0 saturated heterocycles. The molecule has 0 spiro atoms. The maximum Gasteiger partial charge on any atom is 0.110 e. The van der Waals surface area contributed by atoms with Crippen LogP contribution in [0, 0.1) is 13.8 Å². The van der Waals surface area contributed by atoms with Crippen LogP contribution in [0.1, 0.15) is 17.1 Å². The summed E-state index contributed by atoms with van der Waals surface area (Å²) in [5.41, 5.74) is 3.23. The average Bonchev–Trinajstić information content (AvgIpc) is 2.91. The summed E-state index contributed by atoms with van der Waals surface area (Å²) in [5.74, 6) is 1.82. The third-order valence-corrected chi connectivity index (χ3v) is 2.83. The molecule has 5 heteroatoms. The highest BCUT2D eigenvalue weighted by Gasteiger charge is 2.13. The average molecular weight is 249 g/mol. The van der Waals surface area contributed by atoms with E-state index in [-0.39, 0.29) is 0 Å². The van der Waals surface area contributed by atoms with Crippen LogP contribution in [-0.4, -0.2) is 30.5 Å². The first-order valence-electron chi connectivity index (χ1n) is 6.01. The van der Waals surface area contributed by atoms with Crippen LogP contribution >= 0.6 is 0 Å². The first-order chi connectivity index (χ1) is 8.72. The Morgan fingerprint density at radius 2 is 2.28 bits per heavy atom. The SMILES string of the molecule is COCCNCc1cn[nH]c1-c1cc(C)oc1C. The van der Waals surface area contributed by atoms with Gasteiger partial charge in [0.2, 0.25) is 0 Å². The third kappa shape index (κ3) is 2.80. The molecular formula is C13H19N3O2. The fourth-order valence-electron chi connectivity index (χ4n) is 1.95. The summed E-state index contributed by atoms with van der Waals surface area (Å²) in [5, 5.41) is 10.5. The largest absolute Gasteiger partial charge is 0.466 e.